The Morgan fingerprint density at radius 2 is 1.33 bits per heavy atom. The predicted octanol–water partition coefficient (Wildman–Crippen LogP) is 3.13. The van der Waals surface area contributed by atoms with Crippen LogP contribution in [0.4, 0.5) is 0 Å². The molecule has 0 radical (unpaired) electrons. The highest BCUT2D eigenvalue weighted by Crippen LogP contribution is 2.39. The van der Waals surface area contributed by atoms with E-state index in [9.17, 15) is 19.8 Å². The number of ether oxygens (including phenoxy) is 1. The Morgan fingerprint density at radius 1 is 0.952 bits per heavy atom. The van der Waals surface area contributed by atoms with Crippen molar-refractivity contribution >= 4 is 43.8 Å². The van der Waals surface area contributed by atoms with Crippen molar-refractivity contribution in [2.45, 2.75) is 24.0 Å². The minimum atomic E-state index is -1.72. The lowest BCUT2D eigenvalue weighted by Crippen LogP contribution is -2.52. The molecule has 0 aliphatic heterocycles. The number of carbonyl (C=O) groups is 2. The van der Waals surface area contributed by atoms with Gasteiger partial charge in [0.15, 0.2) is 11.2 Å². The fraction of sp³-hybridized carbons (Fsp3) is 0.286. The van der Waals surface area contributed by atoms with Crippen LogP contribution < -0.4 is 0 Å². The Kier molecular flexibility index (Phi) is 4.55. The molecule has 0 unspecified atom stereocenters. The summed E-state index contributed by atoms with van der Waals surface area (Å²) in [5.41, 5.74) is -3.44. The van der Waals surface area contributed by atoms with Gasteiger partial charge in [0.25, 0.3) is 0 Å². The summed E-state index contributed by atoms with van der Waals surface area (Å²) < 4.78 is 6.91. The minimum absolute atomic E-state index is 0.0308. The zero-order valence-electron chi connectivity index (χ0n) is 10.8. The lowest BCUT2D eigenvalue weighted by atomic mass is 9.90. The van der Waals surface area contributed by atoms with E-state index in [1.807, 2.05) is 0 Å². The second-order valence-electron chi connectivity index (χ2n) is 4.79. The van der Waals surface area contributed by atoms with Crippen LogP contribution in [0, 0.1) is 0 Å². The van der Waals surface area contributed by atoms with Gasteiger partial charge in [0.1, 0.15) is 0 Å². The first-order valence-electron chi connectivity index (χ1n) is 6.04. The summed E-state index contributed by atoms with van der Waals surface area (Å²) in [6, 6.07) is 0. The minimum Gasteiger partial charge on any atom is -0.479 e. The van der Waals surface area contributed by atoms with Gasteiger partial charge in [0.2, 0.25) is 0 Å². The summed E-state index contributed by atoms with van der Waals surface area (Å²) in [5, 5.41) is 19.1. The van der Waals surface area contributed by atoms with Gasteiger partial charge in [-0.2, -0.15) is 0 Å². The highest BCUT2D eigenvalue weighted by molar-refractivity contribution is 9.12. The summed E-state index contributed by atoms with van der Waals surface area (Å²) >= 11 is 6.49. The third kappa shape index (κ3) is 3.20. The molecule has 0 heterocycles. The van der Waals surface area contributed by atoms with E-state index in [2.05, 4.69) is 31.9 Å². The molecule has 0 aromatic carbocycles. The maximum atomic E-state index is 11.7. The van der Waals surface area contributed by atoms with Gasteiger partial charge in [-0.3, -0.25) is 0 Å². The maximum absolute atomic E-state index is 11.7. The number of hydrogen-bond acceptors (Lipinski definition) is 3. The third-order valence-electron chi connectivity index (χ3n) is 3.24. The van der Waals surface area contributed by atoms with Crippen molar-refractivity contribution in [1.29, 1.82) is 0 Å². The van der Waals surface area contributed by atoms with Gasteiger partial charge in [-0.25, -0.2) is 9.59 Å². The van der Waals surface area contributed by atoms with E-state index in [-0.39, 0.29) is 12.8 Å². The summed E-state index contributed by atoms with van der Waals surface area (Å²) in [6.45, 7) is 0. The van der Waals surface area contributed by atoms with Crippen LogP contribution in [0.25, 0.3) is 0 Å². The van der Waals surface area contributed by atoms with E-state index in [0.29, 0.717) is 8.96 Å². The first kappa shape index (κ1) is 16.2. The molecular weight excluding hydrogens is 408 g/mol. The molecule has 112 valence electrons. The van der Waals surface area contributed by atoms with Crippen molar-refractivity contribution in [3.8, 4) is 0 Å². The molecule has 0 spiro atoms. The Morgan fingerprint density at radius 3 is 1.62 bits per heavy atom. The highest BCUT2D eigenvalue weighted by atomic mass is 79.9. The second-order valence-corrected chi connectivity index (χ2v) is 6.83. The van der Waals surface area contributed by atoms with Crippen molar-refractivity contribution in [3.63, 3.8) is 0 Å². The molecule has 2 atom stereocenters. The molecule has 0 saturated carbocycles. The first-order chi connectivity index (χ1) is 9.80. The molecule has 2 rings (SSSR count). The fourth-order valence-corrected chi connectivity index (χ4v) is 3.34. The normalized spacial score (nSPS) is 31.5. The van der Waals surface area contributed by atoms with E-state index in [0.717, 1.165) is 0 Å². The second kappa shape index (κ2) is 5.90. The van der Waals surface area contributed by atoms with Gasteiger partial charge in [-0.1, -0.05) is 56.2 Å². The predicted molar refractivity (Wildman–Crippen MR) is 83.4 cm³/mol. The monoisotopic (exact) mass is 418 g/mol. The lowest BCUT2D eigenvalue weighted by molar-refractivity contribution is -0.187. The first-order valence-corrected chi connectivity index (χ1v) is 7.63. The standard InChI is InChI=1S/C14H12Br2O5/c15-9-3-1-5-13(7-9,11(17)18)21-14(12(19)20)6-2-4-10(16)8-14/h1-6H,7-8H2,(H,17,18)(H,19,20)/t13-,14+. The van der Waals surface area contributed by atoms with Gasteiger partial charge in [0, 0.05) is 12.8 Å². The van der Waals surface area contributed by atoms with Crippen LogP contribution in [0.3, 0.4) is 0 Å². The molecule has 0 fully saturated rings. The third-order valence-corrected chi connectivity index (χ3v) is 4.33. The Bertz CT molecular complexity index is 552. The average Bonchev–Trinajstić information content (AvgIpc) is 2.38. The van der Waals surface area contributed by atoms with E-state index in [4.69, 9.17) is 4.74 Å². The van der Waals surface area contributed by atoms with Gasteiger partial charge in [0.05, 0.1) is 0 Å². The molecule has 21 heavy (non-hydrogen) atoms. The van der Waals surface area contributed by atoms with Gasteiger partial charge >= 0.3 is 11.9 Å². The van der Waals surface area contributed by atoms with E-state index in [1.165, 1.54) is 24.3 Å². The number of halogens is 2. The molecule has 2 aliphatic carbocycles. The summed E-state index contributed by atoms with van der Waals surface area (Å²) in [5.74, 6) is -2.47. The van der Waals surface area contributed by atoms with Crippen molar-refractivity contribution in [3.05, 3.63) is 45.4 Å². The highest BCUT2D eigenvalue weighted by Gasteiger charge is 2.50. The molecular formula is C14H12Br2O5. The largest absolute Gasteiger partial charge is 0.479 e. The van der Waals surface area contributed by atoms with Crippen molar-refractivity contribution in [1.82, 2.24) is 0 Å². The molecule has 0 saturated heterocycles. The fourth-order valence-electron chi connectivity index (χ4n) is 2.20. The number of rotatable bonds is 4. The molecule has 0 aromatic rings. The van der Waals surface area contributed by atoms with Crippen LogP contribution in [0.1, 0.15) is 12.8 Å². The van der Waals surface area contributed by atoms with E-state index < -0.39 is 23.1 Å². The summed E-state index contributed by atoms with van der Waals surface area (Å²) in [4.78, 5) is 23.3. The van der Waals surface area contributed by atoms with E-state index >= 15 is 0 Å². The van der Waals surface area contributed by atoms with Crippen LogP contribution in [0.2, 0.25) is 0 Å². The smallest absolute Gasteiger partial charge is 0.340 e. The maximum Gasteiger partial charge on any atom is 0.340 e. The van der Waals surface area contributed by atoms with Crippen LogP contribution in [-0.4, -0.2) is 33.4 Å². The van der Waals surface area contributed by atoms with Gasteiger partial charge < -0.3 is 14.9 Å². The number of hydrogen-bond donors (Lipinski definition) is 2. The molecule has 2 N–H and O–H groups in total. The molecule has 0 bridgehead atoms. The van der Waals surface area contributed by atoms with Crippen LogP contribution in [0.15, 0.2) is 45.4 Å². The summed E-state index contributed by atoms with van der Waals surface area (Å²) in [6.07, 6.45) is 9.26. The number of carboxylic acid groups (broad SMARTS) is 2. The van der Waals surface area contributed by atoms with Crippen LogP contribution in [-0.2, 0) is 14.3 Å². The van der Waals surface area contributed by atoms with Crippen molar-refractivity contribution < 1.29 is 24.5 Å². The summed E-state index contributed by atoms with van der Waals surface area (Å²) in [7, 11) is 0. The molecule has 2 aliphatic rings. The zero-order chi connectivity index (χ0) is 15.7. The molecule has 5 nitrogen and oxygen atoms in total. The number of carboxylic acids is 2. The lowest BCUT2D eigenvalue weighted by Gasteiger charge is -2.38. The quantitative estimate of drug-likeness (QED) is 0.731. The average molecular weight is 420 g/mol. The SMILES string of the molecule is O=C(O)[C@@]1(O[C@@]2(C(=O)O)C=CC=C(Br)C2)C=CC=C(Br)C1. The van der Waals surface area contributed by atoms with Gasteiger partial charge in [-0.05, 0) is 21.1 Å². The molecule has 0 aromatic heterocycles. The Balaban J connectivity index is 2.40. The Labute approximate surface area is 137 Å². The topological polar surface area (TPSA) is 83.8 Å². The van der Waals surface area contributed by atoms with Crippen molar-refractivity contribution in [2.24, 2.45) is 0 Å². The van der Waals surface area contributed by atoms with E-state index in [1.54, 1.807) is 12.2 Å². The Hall–Kier alpha value is -1.18. The molecule has 0 amide bonds. The number of aliphatic carboxylic acids is 2. The zero-order valence-corrected chi connectivity index (χ0v) is 13.9. The van der Waals surface area contributed by atoms with Crippen molar-refractivity contribution in [2.75, 3.05) is 0 Å². The van der Waals surface area contributed by atoms with Gasteiger partial charge in [-0.15, -0.1) is 0 Å². The number of allylic oxidation sites excluding steroid dienone is 4. The van der Waals surface area contributed by atoms with Crippen LogP contribution in [0.5, 0.6) is 0 Å². The van der Waals surface area contributed by atoms with Crippen LogP contribution >= 0.6 is 31.9 Å². The molecule has 7 heteroatoms.